The number of hydrogen-bond acceptors (Lipinski definition) is 2. The van der Waals surface area contributed by atoms with Crippen molar-refractivity contribution in [2.24, 2.45) is 4.99 Å². The number of carbonyl (C=O) groups is 1. The van der Waals surface area contributed by atoms with Gasteiger partial charge >= 0.3 is 0 Å². The zero-order valence-corrected chi connectivity index (χ0v) is 15.3. The van der Waals surface area contributed by atoms with Crippen molar-refractivity contribution in [2.45, 2.75) is 13.5 Å². The lowest BCUT2D eigenvalue weighted by molar-refractivity contribution is -0.113. The van der Waals surface area contributed by atoms with Crippen molar-refractivity contribution in [1.82, 2.24) is 4.57 Å². The molecule has 0 radical (unpaired) electrons. The minimum absolute atomic E-state index is 0.318. The standard InChI is InChI=1S/C20H17ClN2OS/c1-3-13-23-19-14(2)7-6-10-17(19)25-20(23)22-18(24)12-11-15-8-4-5-9-16(15)21/h3-12H,1,13H2,2H3/b12-11+,22-20?. The van der Waals surface area contributed by atoms with Gasteiger partial charge in [-0.15, -0.1) is 6.58 Å². The van der Waals surface area contributed by atoms with Crippen molar-refractivity contribution < 1.29 is 4.79 Å². The third kappa shape index (κ3) is 3.81. The molecular weight excluding hydrogens is 352 g/mol. The number of amides is 1. The number of benzene rings is 2. The maximum atomic E-state index is 12.3. The Bertz CT molecular complexity index is 1040. The summed E-state index contributed by atoms with van der Waals surface area (Å²) in [6.45, 7) is 6.46. The Labute approximate surface area is 155 Å². The number of nitrogens with zero attached hydrogens (tertiary/aromatic N) is 2. The smallest absolute Gasteiger partial charge is 0.272 e. The number of aromatic nitrogens is 1. The van der Waals surface area contributed by atoms with E-state index < -0.39 is 0 Å². The van der Waals surface area contributed by atoms with Crippen LogP contribution in [-0.2, 0) is 11.3 Å². The first-order valence-electron chi connectivity index (χ1n) is 7.81. The van der Waals surface area contributed by atoms with E-state index in [0.717, 1.165) is 21.3 Å². The number of thiazole rings is 1. The van der Waals surface area contributed by atoms with E-state index in [4.69, 9.17) is 11.6 Å². The van der Waals surface area contributed by atoms with Crippen molar-refractivity contribution in [2.75, 3.05) is 0 Å². The number of fused-ring (bicyclic) bond motifs is 1. The quantitative estimate of drug-likeness (QED) is 0.471. The van der Waals surface area contributed by atoms with E-state index in [1.165, 1.54) is 17.4 Å². The summed E-state index contributed by atoms with van der Waals surface area (Å²) >= 11 is 7.60. The average Bonchev–Trinajstić information content (AvgIpc) is 2.93. The van der Waals surface area contributed by atoms with Gasteiger partial charge in [0.05, 0.1) is 10.2 Å². The van der Waals surface area contributed by atoms with Crippen LogP contribution >= 0.6 is 22.9 Å². The van der Waals surface area contributed by atoms with Gasteiger partial charge in [0.1, 0.15) is 0 Å². The van der Waals surface area contributed by atoms with Crippen molar-refractivity contribution in [3.63, 3.8) is 0 Å². The lowest BCUT2D eigenvalue weighted by Crippen LogP contribution is -2.16. The fraction of sp³-hybridized carbons (Fsp3) is 0.100. The topological polar surface area (TPSA) is 34.4 Å². The number of halogens is 1. The number of carbonyl (C=O) groups excluding carboxylic acids is 1. The molecule has 1 aromatic heterocycles. The summed E-state index contributed by atoms with van der Waals surface area (Å²) in [5, 5.41) is 0.603. The van der Waals surface area contributed by atoms with E-state index in [1.807, 2.05) is 41.0 Å². The van der Waals surface area contributed by atoms with Gasteiger partial charge in [0.2, 0.25) is 0 Å². The molecule has 5 heteroatoms. The molecule has 0 N–H and O–H groups in total. The molecule has 3 aromatic rings. The van der Waals surface area contributed by atoms with E-state index in [2.05, 4.69) is 24.6 Å². The van der Waals surface area contributed by atoms with Gasteiger partial charge in [-0.2, -0.15) is 4.99 Å². The Hall–Kier alpha value is -2.43. The third-order valence-corrected chi connectivity index (χ3v) is 5.12. The molecule has 0 bridgehead atoms. The van der Waals surface area contributed by atoms with E-state index in [-0.39, 0.29) is 5.91 Å². The number of para-hydroxylation sites is 1. The first-order chi connectivity index (χ1) is 12.1. The Morgan fingerprint density at radius 1 is 1.28 bits per heavy atom. The number of allylic oxidation sites excluding steroid dienone is 1. The second-order valence-electron chi connectivity index (χ2n) is 5.51. The molecule has 0 aliphatic heterocycles. The van der Waals surface area contributed by atoms with E-state index in [0.29, 0.717) is 16.4 Å². The highest BCUT2D eigenvalue weighted by Gasteiger charge is 2.08. The molecule has 0 fully saturated rings. The van der Waals surface area contributed by atoms with Crippen LogP contribution in [0.2, 0.25) is 5.02 Å². The van der Waals surface area contributed by atoms with Crippen LogP contribution in [-0.4, -0.2) is 10.5 Å². The highest BCUT2D eigenvalue weighted by atomic mass is 35.5. The lowest BCUT2D eigenvalue weighted by atomic mass is 10.2. The Kier molecular flexibility index (Phi) is 5.31. The molecule has 0 aliphatic carbocycles. The lowest BCUT2D eigenvalue weighted by Gasteiger charge is -2.03. The largest absolute Gasteiger partial charge is 0.312 e. The van der Waals surface area contributed by atoms with E-state index in [1.54, 1.807) is 12.1 Å². The van der Waals surface area contributed by atoms with Crippen LogP contribution in [0.25, 0.3) is 16.3 Å². The van der Waals surface area contributed by atoms with Crippen molar-refractivity contribution >= 4 is 45.1 Å². The average molecular weight is 369 g/mol. The molecule has 1 amide bonds. The molecule has 0 unspecified atom stereocenters. The van der Waals surface area contributed by atoms with Crippen LogP contribution < -0.4 is 4.80 Å². The van der Waals surface area contributed by atoms with Gasteiger partial charge in [-0.05, 0) is 36.3 Å². The van der Waals surface area contributed by atoms with Gasteiger partial charge in [0.25, 0.3) is 5.91 Å². The monoisotopic (exact) mass is 368 g/mol. The highest BCUT2D eigenvalue weighted by molar-refractivity contribution is 7.16. The summed E-state index contributed by atoms with van der Waals surface area (Å²) in [7, 11) is 0. The van der Waals surface area contributed by atoms with Crippen LogP contribution in [0.1, 0.15) is 11.1 Å². The fourth-order valence-electron chi connectivity index (χ4n) is 2.59. The second-order valence-corrected chi connectivity index (χ2v) is 6.93. The molecule has 3 nitrogen and oxygen atoms in total. The summed E-state index contributed by atoms with van der Waals surface area (Å²) < 4.78 is 3.12. The molecular formula is C20H17ClN2OS. The third-order valence-electron chi connectivity index (χ3n) is 3.73. The van der Waals surface area contributed by atoms with Gasteiger partial charge in [-0.25, -0.2) is 0 Å². The first kappa shape index (κ1) is 17.4. The predicted molar refractivity (Wildman–Crippen MR) is 106 cm³/mol. The van der Waals surface area contributed by atoms with Crippen LogP contribution in [0.4, 0.5) is 0 Å². The second kappa shape index (κ2) is 7.64. The highest BCUT2D eigenvalue weighted by Crippen LogP contribution is 2.21. The van der Waals surface area contributed by atoms with Crippen LogP contribution in [0.5, 0.6) is 0 Å². The summed E-state index contributed by atoms with van der Waals surface area (Å²) in [6.07, 6.45) is 4.93. The van der Waals surface area contributed by atoms with Gasteiger partial charge in [0.15, 0.2) is 4.80 Å². The van der Waals surface area contributed by atoms with E-state index >= 15 is 0 Å². The first-order valence-corrected chi connectivity index (χ1v) is 9.01. The Morgan fingerprint density at radius 2 is 2.08 bits per heavy atom. The molecule has 126 valence electrons. The van der Waals surface area contributed by atoms with E-state index in [9.17, 15) is 4.79 Å². The minimum Gasteiger partial charge on any atom is -0.312 e. The molecule has 2 aromatic carbocycles. The maximum absolute atomic E-state index is 12.3. The van der Waals surface area contributed by atoms with Crippen LogP contribution in [0.15, 0.2) is 66.2 Å². The molecule has 0 saturated carbocycles. The number of rotatable bonds is 4. The van der Waals surface area contributed by atoms with Crippen molar-refractivity contribution in [3.8, 4) is 0 Å². The zero-order chi connectivity index (χ0) is 17.8. The Morgan fingerprint density at radius 3 is 2.84 bits per heavy atom. The molecule has 0 aliphatic rings. The molecule has 1 heterocycles. The number of aryl methyl sites for hydroxylation is 1. The van der Waals surface area contributed by atoms with Crippen LogP contribution in [0.3, 0.4) is 0 Å². The van der Waals surface area contributed by atoms with Gasteiger partial charge < -0.3 is 4.57 Å². The fourth-order valence-corrected chi connectivity index (χ4v) is 3.92. The van der Waals surface area contributed by atoms with Crippen molar-refractivity contribution in [1.29, 1.82) is 0 Å². The Balaban J connectivity index is 2.02. The molecule has 0 atom stereocenters. The normalized spacial score (nSPS) is 12.2. The molecule has 25 heavy (non-hydrogen) atoms. The predicted octanol–water partition coefficient (Wildman–Crippen LogP) is 4.99. The van der Waals surface area contributed by atoms with Gasteiger partial charge in [-0.3, -0.25) is 4.79 Å². The zero-order valence-electron chi connectivity index (χ0n) is 13.8. The molecule has 0 saturated heterocycles. The number of hydrogen-bond donors (Lipinski definition) is 0. The maximum Gasteiger partial charge on any atom is 0.272 e. The van der Waals surface area contributed by atoms with Crippen molar-refractivity contribution in [3.05, 3.63) is 82.1 Å². The van der Waals surface area contributed by atoms with Crippen LogP contribution in [0, 0.1) is 6.92 Å². The molecule has 0 spiro atoms. The van der Waals surface area contributed by atoms with Gasteiger partial charge in [-0.1, -0.05) is 59.3 Å². The SMILES string of the molecule is C=CCn1c(=NC(=O)/C=C/c2ccccc2Cl)sc2cccc(C)c21. The molecule has 3 rings (SSSR count). The summed E-state index contributed by atoms with van der Waals surface area (Å²) in [6, 6.07) is 13.5. The minimum atomic E-state index is -0.318. The summed E-state index contributed by atoms with van der Waals surface area (Å²) in [4.78, 5) is 17.2. The summed E-state index contributed by atoms with van der Waals surface area (Å²) in [5.41, 5.74) is 3.03. The summed E-state index contributed by atoms with van der Waals surface area (Å²) in [5.74, 6) is -0.318. The van der Waals surface area contributed by atoms with Gasteiger partial charge in [0, 0.05) is 17.6 Å².